The summed E-state index contributed by atoms with van der Waals surface area (Å²) >= 11 is 11.9. The molecule has 1 amide bonds. The summed E-state index contributed by atoms with van der Waals surface area (Å²) in [4.78, 5) is 14.4. The van der Waals surface area contributed by atoms with Crippen LogP contribution in [-0.4, -0.2) is 58.2 Å². The first-order valence-corrected chi connectivity index (χ1v) is 11.2. The topological polar surface area (TPSA) is 69.7 Å². The van der Waals surface area contributed by atoms with Crippen LogP contribution >= 0.6 is 23.2 Å². The molecule has 2 rings (SSSR count). The Morgan fingerprint density at radius 3 is 2.50 bits per heavy atom. The van der Waals surface area contributed by atoms with Crippen molar-refractivity contribution in [3.05, 3.63) is 28.2 Å². The van der Waals surface area contributed by atoms with Gasteiger partial charge in [-0.3, -0.25) is 9.10 Å². The molecule has 1 aromatic carbocycles. The Kier molecular flexibility index (Phi) is 7.58. The standard InChI is InChI=1S/C17H25Cl2N3O3S/c1-21-10-7-13(8-11-21)20-17(23)4-3-9-22(26(2,24)25)14-5-6-15(18)16(19)12-14/h5-6,12-13H,3-4,7-11H2,1-2H3,(H,20,23). The number of carbonyl (C=O) groups excluding carboxylic acids is 1. The lowest BCUT2D eigenvalue weighted by Crippen LogP contribution is -2.43. The second-order valence-corrected chi connectivity index (χ2v) is 9.40. The minimum atomic E-state index is -3.48. The van der Waals surface area contributed by atoms with E-state index < -0.39 is 10.0 Å². The Morgan fingerprint density at radius 2 is 1.92 bits per heavy atom. The Bertz CT molecular complexity index is 735. The summed E-state index contributed by atoms with van der Waals surface area (Å²) in [6.07, 6.45) is 3.72. The van der Waals surface area contributed by atoms with E-state index in [0.29, 0.717) is 17.1 Å². The van der Waals surface area contributed by atoms with Gasteiger partial charge in [-0.15, -0.1) is 0 Å². The summed E-state index contributed by atoms with van der Waals surface area (Å²) in [7, 11) is -1.41. The van der Waals surface area contributed by atoms with Gasteiger partial charge in [-0.25, -0.2) is 8.42 Å². The maximum absolute atomic E-state index is 12.1. The zero-order valence-corrected chi connectivity index (χ0v) is 17.4. The summed E-state index contributed by atoms with van der Waals surface area (Å²) in [6.45, 7) is 2.16. The Hall–Kier alpha value is -1.02. The van der Waals surface area contributed by atoms with Gasteiger partial charge in [0.05, 0.1) is 22.0 Å². The van der Waals surface area contributed by atoms with Crippen molar-refractivity contribution in [1.29, 1.82) is 0 Å². The van der Waals surface area contributed by atoms with Crippen LogP contribution in [0.25, 0.3) is 0 Å². The molecule has 1 fully saturated rings. The molecule has 1 heterocycles. The minimum Gasteiger partial charge on any atom is -0.353 e. The summed E-state index contributed by atoms with van der Waals surface area (Å²) in [5.74, 6) is -0.0397. The van der Waals surface area contributed by atoms with Gasteiger partial charge in [0.25, 0.3) is 0 Å². The molecule has 0 bridgehead atoms. The molecule has 0 aromatic heterocycles. The number of hydrogen-bond acceptors (Lipinski definition) is 4. The van der Waals surface area contributed by atoms with Gasteiger partial charge in [0.1, 0.15) is 0 Å². The number of nitrogens with one attached hydrogen (secondary N) is 1. The quantitative estimate of drug-likeness (QED) is 0.734. The molecule has 26 heavy (non-hydrogen) atoms. The number of halogens is 2. The number of carbonyl (C=O) groups is 1. The van der Waals surface area contributed by atoms with E-state index in [1.54, 1.807) is 12.1 Å². The number of likely N-dealkylation sites (tertiary alicyclic amines) is 1. The van der Waals surface area contributed by atoms with Crippen LogP contribution in [0.3, 0.4) is 0 Å². The molecule has 1 aliphatic heterocycles. The minimum absolute atomic E-state index is 0.0397. The highest BCUT2D eigenvalue weighted by Gasteiger charge is 2.20. The third kappa shape index (κ3) is 6.30. The van der Waals surface area contributed by atoms with Crippen molar-refractivity contribution in [2.45, 2.75) is 31.7 Å². The van der Waals surface area contributed by atoms with Gasteiger partial charge >= 0.3 is 0 Å². The van der Waals surface area contributed by atoms with E-state index >= 15 is 0 Å². The average molecular weight is 422 g/mol. The lowest BCUT2D eigenvalue weighted by molar-refractivity contribution is -0.122. The average Bonchev–Trinajstić information content (AvgIpc) is 2.55. The number of sulfonamides is 1. The predicted octanol–water partition coefficient (Wildman–Crippen LogP) is 2.75. The van der Waals surface area contributed by atoms with Crippen molar-refractivity contribution in [2.75, 3.05) is 37.2 Å². The lowest BCUT2D eigenvalue weighted by atomic mass is 10.1. The maximum Gasteiger partial charge on any atom is 0.232 e. The fraction of sp³-hybridized carbons (Fsp3) is 0.588. The molecule has 1 N–H and O–H groups in total. The molecule has 0 saturated carbocycles. The van der Waals surface area contributed by atoms with Crippen molar-refractivity contribution in [3.8, 4) is 0 Å². The monoisotopic (exact) mass is 421 g/mol. The number of rotatable bonds is 7. The summed E-state index contributed by atoms with van der Waals surface area (Å²) in [6, 6.07) is 4.89. The first-order valence-electron chi connectivity index (χ1n) is 8.57. The zero-order valence-electron chi connectivity index (χ0n) is 15.0. The predicted molar refractivity (Wildman–Crippen MR) is 107 cm³/mol. The molecular weight excluding hydrogens is 397 g/mol. The van der Waals surface area contributed by atoms with Crippen LogP contribution in [-0.2, 0) is 14.8 Å². The molecule has 1 aromatic rings. The van der Waals surface area contributed by atoms with E-state index in [9.17, 15) is 13.2 Å². The largest absolute Gasteiger partial charge is 0.353 e. The second kappa shape index (κ2) is 9.26. The van der Waals surface area contributed by atoms with E-state index in [2.05, 4.69) is 17.3 Å². The fourth-order valence-corrected chi connectivity index (χ4v) is 4.21. The fourth-order valence-electron chi connectivity index (χ4n) is 2.96. The number of amides is 1. The first kappa shape index (κ1) is 21.3. The van der Waals surface area contributed by atoms with Crippen LogP contribution in [0, 0.1) is 0 Å². The van der Waals surface area contributed by atoms with Crippen LogP contribution in [0.15, 0.2) is 18.2 Å². The molecule has 0 spiro atoms. The molecule has 1 saturated heterocycles. The normalized spacial score (nSPS) is 16.5. The van der Waals surface area contributed by atoms with E-state index in [0.717, 1.165) is 32.2 Å². The number of nitrogens with zero attached hydrogens (tertiary/aromatic N) is 2. The highest BCUT2D eigenvalue weighted by atomic mass is 35.5. The van der Waals surface area contributed by atoms with Crippen molar-refractivity contribution in [3.63, 3.8) is 0 Å². The Morgan fingerprint density at radius 1 is 1.27 bits per heavy atom. The molecule has 0 radical (unpaired) electrons. The van der Waals surface area contributed by atoms with Crippen molar-refractivity contribution >= 4 is 44.8 Å². The zero-order chi connectivity index (χ0) is 19.3. The van der Waals surface area contributed by atoms with E-state index in [1.165, 1.54) is 10.4 Å². The molecular formula is C17H25Cl2N3O3S. The number of hydrogen-bond donors (Lipinski definition) is 1. The Balaban J connectivity index is 1.89. The maximum atomic E-state index is 12.1. The van der Waals surface area contributed by atoms with Crippen LogP contribution in [0.1, 0.15) is 25.7 Å². The molecule has 0 unspecified atom stereocenters. The van der Waals surface area contributed by atoms with Gasteiger partial charge in [0.15, 0.2) is 0 Å². The van der Waals surface area contributed by atoms with E-state index in [1.807, 2.05) is 0 Å². The van der Waals surface area contributed by atoms with Crippen LogP contribution in [0.4, 0.5) is 5.69 Å². The summed E-state index contributed by atoms with van der Waals surface area (Å²) in [5.41, 5.74) is 0.442. The van der Waals surface area contributed by atoms with Crippen LogP contribution < -0.4 is 9.62 Å². The number of anilines is 1. The lowest BCUT2D eigenvalue weighted by Gasteiger charge is -2.29. The SMILES string of the molecule is CN1CCC(NC(=O)CCCN(c2ccc(Cl)c(Cl)c2)S(C)(=O)=O)CC1. The van der Waals surface area contributed by atoms with Gasteiger partial charge in [0, 0.05) is 19.0 Å². The second-order valence-electron chi connectivity index (χ2n) is 6.68. The number of benzene rings is 1. The first-order chi connectivity index (χ1) is 12.2. The van der Waals surface area contributed by atoms with Gasteiger partial charge < -0.3 is 10.2 Å². The van der Waals surface area contributed by atoms with Gasteiger partial charge in [-0.05, 0) is 57.6 Å². The van der Waals surface area contributed by atoms with E-state index in [4.69, 9.17) is 23.2 Å². The molecule has 9 heteroatoms. The van der Waals surface area contributed by atoms with Gasteiger partial charge in [0.2, 0.25) is 15.9 Å². The van der Waals surface area contributed by atoms with E-state index in [-0.39, 0.29) is 29.9 Å². The molecule has 6 nitrogen and oxygen atoms in total. The highest BCUT2D eigenvalue weighted by Crippen LogP contribution is 2.28. The molecule has 1 aliphatic rings. The highest BCUT2D eigenvalue weighted by molar-refractivity contribution is 7.92. The van der Waals surface area contributed by atoms with Gasteiger partial charge in [-0.1, -0.05) is 23.2 Å². The molecule has 0 aliphatic carbocycles. The third-order valence-corrected chi connectivity index (χ3v) is 6.37. The Labute approximate surface area is 165 Å². The smallest absolute Gasteiger partial charge is 0.232 e. The van der Waals surface area contributed by atoms with Crippen molar-refractivity contribution < 1.29 is 13.2 Å². The number of piperidine rings is 1. The van der Waals surface area contributed by atoms with Crippen molar-refractivity contribution in [1.82, 2.24) is 10.2 Å². The third-order valence-electron chi connectivity index (χ3n) is 4.44. The van der Waals surface area contributed by atoms with Crippen LogP contribution in [0.2, 0.25) is 10.0 Å². The summed E-state index contributed by atoms with van der Waals surface area (Å²) < 4.78 is 25.4. The summed E-state index contributed by atoms with van der Waals surface area (Å²) in [5, 5.41) is 3.69. The molecule has 0 atom stereocenters. The molecule has 146 valence electrons. The van der Waals surface area contributed by atoms with Crippen molar-refractivity contribution in [2.24, 2.45) is 0 Å². The van der Waals surface area contributed by atoms with Gasteiger partial charge in [-0.2, -0.15) is 0 Å². The van der Waals surface area contributed by atoms with Crippen LogP contribution in [0.5, 0.6) is 0 Å².